The summed E-state index contributed by atoms with van der Waals surface area (Å²) in [7, 11) is 1.65. The Hall–Kier alpha value is -0.620. The van der Waals surface area contributed by atoms with E-state index in [9.17, 15) is 5.11 Å². The van der Waals surface area contributed by atoms with Crippen LogP contribution in [0.4, 0.5) is 0 Å². The molecule has 1 aromatic carbocycles. The zero-order chi connectivity index (χ0) is 14.9. The van der Waals surface area contributed by atoms with Gasteiger partial charge in [0.25, 0.3) is 0 Å². The van der Waals surface area contributed by atoms with Gasteiger partial charge in [0.15, 0.2) is 5.79 Å². The summed E-state index contributed by atoms with van der Waals surface area (Å²) < 4.78 is 17.6. The zero-order valence-corrected chi connectivity index (χ0v) is 13.8. The third kappa shape index (κ3) is 3.26. The fourth-order valence-electron chi connectivity index (χ4n) is 3.26. The first kappa shape index (κ1) is 15.3. The van der Waals surface area contributed by atoms with Crippen molar-refractivity contribution in [2.24, 2.45) is 0 Å². The van der Waals surface area contributed by atoms with Crippen LogP contribution in [0.5, 0.6) is 5.75 Å². The van der Waals surface area contributed by atoms with Crippen molar-refractivity contribution >= 4 is 15.9 Å². The maximum Gasteiger partial charge on any atom is 0.168 e. The lowest BCUT2D eigenvalue weighted by Gasteiger charge is -2.40. The van der Waals surface area contributed by atoms with Gasteiger partial charge in [0.05, 0.1) is 30.4 Å². The molecular formula is C16H21BrO4. The molecule has 1 N–H and O–H groups in total. The first-order valence-electron chi connectivity index (χ1n) is 7.37. The minimum Gasteiger partial charge on any atom is -0.496 e. The van der Waals surface area contributed by atoms with Gasteiger partial charge in [-0.3, -0.25) is 0 Å². The monoisotopic (exact) mass is 356 g/mol. The molecule has 1 aliphatic carbocycles. The normalized spacial score (nSPS) is 23.4. The number of methoxy groups -OCH3 is 1. The molecule has 0 aromatic heterocycles. The van der Waals surface area contributed by atoms with E-state index in [1.807, 2.05) is 18.2 Å². The Morgan fingerprint density at radius 1 is 1.19 bits per heavy atom. The van der Waals surface area contributed by atoms with Crippen molar-refractivity contribution in [2.45, 2.75) is 43.5 Å². The maximum atomic E-state index is 10.8. The van der Waals surface area contributed by atoms with Gasteiger partial charge in [0.1, 0.15) is 5.75 Å². The van der Waals surface area contributed by atoms with Crippen LogP contribution in [0.1, 0.15) is 31.2 Å². The minimum atomic E-state index is -0.672. The van der Waals surface area contributed by atoms with Gasteiger partial charge in [0, 0.05) is 19.3 Å². The van der Waals surface area contributed by atoms with Crippen LogP contribution in [0.25, 0.3) is 0 Å². The van der Waals surface area contributed by atoms with Crippen molar-refractivity contribution in [2.75, 3.05) is 20.3 Å². The molecule has 3 rings (SSSR count). The smallest absolute Gasteiger partial charge is 0.168 e. The van der Waals surface area contributed by atoms with Gasteiger partial charge in [-0.25, -0.2) is 0 Å². The minimum absolute atomic E-state index is 0.424. The largest absolute Gasteiger partial charge is 0.496 e. The van der Waals surface area contributed by atoms with Gasteiger partial charge in [-0.15, -0.1) is 0 Å². The molecule has 1 heterocycles. The van der Waals surface area contributed by atoms with E-state index in [2.05, 4.69) is 15.9 Å². The van der Waals surface area contributed by atoms with E-state index in [4.69, 9.17) is 14.2 Å². The summed E-state index contributed by atoms with van der Waals surface area (Å²) in [4.78, 5) is 0. The van der Waals surface area contributed by atoms with Crippen molar-refractivity contribution < 1.29 is 19.3 Å². The average molecular weight is 357 g/mol. The lowest BCUT2D eigenvalue weighted by atomic mass is 9.78. The molecule has 5 heteroatoms. The van der Waals surface area contributed by atoms with Crippen LogP contribution in [0.3, 0.4) is 0 Å². The topological polar surface area (TPSA) is 47.9 Å². The first-order valence-corrected chi connectivity index (χ1v) is 8.16. The molecule has 1 spiro atoms. The van der Waals surface area contributed by atoms with E-state index in [1.165, 1.54) is 0 Å². The number of halogens is 1. The Bertz CT molecular complexity index is 501. The molecule has 1 aliphatic heterocycles. The maximum absolute atomic E-state index is 10.8. The number of ether oxygens (including phenoxy) is 3. The second kappa shape index (κ2) is 5.88. The highest BCUT2D eigenvalue weighted by Gasteiger charge is 2.45. The zero-order valence-electron chi connectivity index (χ0n) is 12.2. The summed E-state index contributed by atoms with van der Waals surface area (Å²) in [6.45, 7) is 1.34. The lowest BCUT2D eigenvalue weighted by molar-refractivity contribution is -0.202. The average Bonchev–Trinajstić information content (AvgIpc) is 2.92. The van der Waals surface area contributed by atoms with Gasteiger partial charge >= 0.3 is 0 Å². The van der Waals surface area contributed by atoms with E-state index in [0.29, 0.717) is 32.5 Å². The van der Waals surface area contributed by atoms with Crippen molar-refractivity contribution in [3.05, 3.63) is 28.2 Å². The van der Waals surface area contributed by atoms with Crippen LogP contribution in [0, 0.1) is 0 Å². The molecular weight excluding hydrogens is 336 g/mol. The molecule has 0 unspecified atom stereocenters. The molecule has 0 bridgehead atoms. The summed E-state index contributed by atoms with van der Waals surface area (Å²) >= 11 is 3.49. The molecule has 2 fully saturated rings. The Kier molecular flexibility index (Phi) is 4.28. The van der Waals surface area contributed by atoms with Crippen molar-refractivity contribution in [1.29, 1.82) is 0 Å². The van der Waals surface area contributed by atoms with E-state index in [-0.39, 0.29) is 0 Å². The van der Waals surface area contributed by atoms with Crippen LogP contribution in [-0.2, 0) is 15.9 Å². The van der Waals surface area contributed by atoms with Crippen LogP contribution >= 0.6 is 15.9 Å². The van der Waals surface area contributed by atoms with Crippen LogP contribution in [-0.4, -0.2) is 36.8 Å². The van der Waals surface area contributed by atoms with Crippen molar-refractivity contribution in [3.63, 3.8) is 0 Å². The number of rotatable bonds is 3. The highest BCUT2D eigenvalue weighted by Crippen LogP contribution is 2.41. The number of aliphatic hydroxyl groups is 1. The quantitative estimate of drug-likeness (QED) is 0.903. The van der Waals surface area contributed by atoms with Gasteiger partial charge in [-0.2, -0.15) is 0 Å². The molecule has 2 aliphatic rings. The van der Waals surface area contributed by atoms with E-state index < -0.39 is 11.4 Å². The fourth-order valence-corrected chi connectivity index (χ4v) is 3.85. The molecule has 116 valence electrons. The second-order valence-electron chi connectivity index (χ2n) is 5.98. The SMILES string of the molecule is COc1ccc(CC2(O)CCC3(CC2)OCCO3)cc1Br. The molecule has 1 aromatic rings. The summed E-state index contributed by atoms with van der Waals surface area (Å²) in [5, 5.41) is 10.8. The number of benzene rings is 1. The van der Waals surface area contributed by atoms with E-state index >= 15 is 0 Å². The molecule has 21 heavy (non-hydrogen) atoms. The molecule has 0 atom stereocenters. The molecule has 1 saturated carbocycles. The lowest BCUT2D eigenvalue weighted by Crippen LogP contribution is -2.44. The molecule has 0 radical (unpaired) electrons. The number of hydrogen-bond donors (Lipinski definition) is 1. The molecule has 4 nitrogen and oxygen atoms in total. The van der Waals surface area contributed by atoms with Gasteiger partial charge in [0.2, 0.25) is 0 Å². The highest BCUT2D eigenvalue weighted by molar-refractivity contribution is 9.10. The highest BCUT2D eigenvalue weighted by atomic mass is 79.9. The second-order valence-corrected chi connectivity index (χ2v) is 6.83. The Morgan fingerprint density at radius 3 is 2.43 bits per heavy atom. The summed E-state index contributed by atoms with van der Waals surface area (Å²) in [5.74, 6) is 0.383. The van der Waals surface area contributed by atoms with Crippen molar-refractivity contribution in [1.82, 2.24) is 0 Å². The standard InChI is InChI=1S/C16H21BrO4/c1-19-14-3-2-12(10-13(14)17)11-15(18)4-6-16(7-5-15)20-8-9-21-16/h2-3,10,18H,4-9,11H2,1H3. The van der Waals surface area contributed by atoms with E-state index in [1.54, 1.807) is 7.11 Å². The summed E-state index contributed by atoms with van der Waals surface area (Å²) in [6.07, 6.45) is 3.58. The summed E-state index contributed by atoms with van der Waals surface area (Å²) in [6, 6.07) is 5.95. The van der Waals surface area contributed by atoms with Crippen LogP contribution < -0.4 is 4.74 Å². The molecule has 0 amide bonds. The third-order valence-corrected chi connectivity index (χ3v) is 5.13. The Balaban J connectivity index is 1.66. The van der Waals surface area contributed by atoms with E-state index in [0.717, 1.165) is 28.6 Å². The first-order chi connectivity index (χ1) is 10.0. The third-order valence-electron chi connectivity index (χ3n) is 4.51. The van der Waals surface area contributed by atoms with Crippen LogP contribution in [0.2, 0.25) is 0 Å². The predicted octanol–water partition coefficient (Wildman–Crippen LogP) is 3.05. The van der Waals surface area contributed by atoms with Crippen molar-refractivity contribution in [3.8, 4) is 5.75 Å². The Morgan fingerprint density at radius 2 is 1.86 bits per heavy atom. The number of hydrogen-bond acceptors (Lipinski definition) is 4. The van der Waals surface area contributed by atoms with Crippen LogP contribution in [0.15, 0.2) is 22.7 Å². The molecule has 1 saturated heterocycles. The van der Waals surface area contributed by atoms with Gasteiger partial charge in [-0.05, 0) is 46.5 Å². The van der Waals surface area contributed by atoms with Gasteiger partial charge in [-0.1, -0.05) is 6.07 Å². The predicted molar refractivity (Wildman–Crippen MR) is 82.5 cm³/mol. The van der Waals surface area contributed by atoms with Gasteiger partial charge < -0.3 is 19.3 Å². The Labute approximate surface area is 133 Å². The summed E-state index contributed by atoms with van der Waals surface area (Å²) in [5.41, 5.74) is 0.434. The fraction of sp³-hybridized carbons (Fsp3) is 0.625.